The molecular weight excluding hydrogens is 373 g/mol. The van der Waals surface area contributed by atoms with Crippen molar-refractivity contribution in [1.82, 2.24) is 10.2 Å². The van der Waals surface area contributed by atoms with E-state index in [1.165, 1.54) is 12.3 Å². The molecule has 7 heteroatoms. The zero-order valence-electron chi connectivity index (χ0n) is 17.7. The van der Waals surface area contributed by atoms with Gasteiger partial charge in [0.25, 0.3) is 5.91 Å². The van der Waals surface area contributed by atoms with Gasteiger partial charge >= 0.3 is 0 Å². The molecule has 0 spiro atoms. The van der Waals surface area contributed by atoms with Crippen molar-refractivity contribution in [3.63, 3.8) is 0 Å². The summed E-state index contributed by atoms with van der Waals surface area (Å²) in [6.07, 6.45) is 6.84. The zero-order valence-corrected chi connectivity index (χ0v) is 17.7. The Balaban J connectivity index is 3.41. The van der Waals surface area contributed by atoms with Gasteiger partial charge in [-0.1, -0.05) is 13.8 Å². The average molecular weight is 403 g/mol. The van der Waals surface area contributed by atoms with Crippen LogP contribution in [0.1, 0.15) is 34.6 Å². The second-order valence-corrected chi connectivity index (χ2v) is 7.20. The number of carbonyl (C=O) groups excluding carboxylic acids is 3. The van der Waals surface area contributed by atoms with Gasteiger partial charge in [0.15, 0.2) is 5.78 Å². The van der Waals surface area contributed by atoms with E-state index in [-0.39, 0.29) is 24.2 Å². The highest BCUT2D eigenvalue weighted by molar-refractivity contribution is 6.12. The fourth-order valence-electron chi connectivity index (χ4n) is 3.23. The van der Waals surface area contributed by atoms with E-state index in [1.807, 2.05) is 6.92 Å². The monoisotopic (exact) mass is 403 g/mol. The van der Waals surface area contributed by atoms with E-state index in [9.17, 15) is 18.8 Å². The molecule has 0 fully saturated rings. The number of nitrogens with zero attached hydrogens (tertiary/aromatic N) is 2. The average Bonchev–Trinajstić information content (AvgIpc) is 2.93. The molecule has 2 atom stereocenters. The molecule has 0 saturated heterocycles. The summed E-state index contributed by atoms with van der Waals surface area (Å²) in [4.78, 5) is 42.3. The molecule has 1 amide bonds. The maximum Gasteiger partial charge on any atom is 0.255 e. The van der Waals surface area contributed by atoms with Crippen molar-refractivity contribution >= 4 is 24.7 Å². The molecule has 158 valence electrons. The highest BCUT2D eigenvalue weighted by Crippen LogP contribution is 2.33. The Labute approximate surface area is 171 Å². The standard InChI is InChI=1S/C22H30FN3O3/c1-14(2)21(28)20-17(5)26(22(29)19(20)7-9-24-6)16(4)18(11-15(3)13-27)12-25-10-8-23/h7,9,11-14,16-17,25H,6,8,10H2,1-5H3/b9-7-,15-11?,18-12?. The van der Waals surface area contributed by atoms with Crippen LogP contribution in [0.4, 0.5) is 4.39 Å². The molecule has 0 saturated carbocycles. The van der Waals surface area contributed by atoms with Crippen LogP contribution in [0.2, 0.25) is 0 Å². The Kier molecular flexibility index (Phi) is 9.38. The fourth-order valence-corrected chi connectivity index (χ4v) is 3.23. The molecular formula is C22H30FN3O3. The maximum absolute atomic E-state index is 13.2. The Morgan fingerprint density at radius 3 is 2.55 bits per heavy atom. The van der Waals surface area contributed by atoms with Crippen LogP contribution < -0.4 is 5.32 Å². The minimum absolute atomic E-state index is 0.107. The summed E-state index contributed by atoms with van der Waals surface area (Å²) >= 11 is 0. The van der Waals surface area contributed by atoms with Gasteiger partial charge in [0, 0.05) is 36.0 Å². The molecule has 0 radical (unpaired) electrons. The predicted molar refractivity (Wildman–Crippen MR) is 113 cm³/mol. The summed E-state index contributed by atoms with van der Waals surface area (Å²) in [5.41, 5.74) is 1.82. The molecule has 1 aliphatic heterocycles. The molecule has 0 aromatic rings. The number of aliphatic imine (C=N–C) groups is 1. The van der Waals surface area contributed by atoms with Gasteiger partial charge < -0.3 is 10.2 Å². The van der Waals surface area contributed by atoms with Crippen molar-refractivity contribution < 1.29 is 18.8 Å². The molecule has 0 aliphatic carbocycles. The number of aldehydes is 1. The van der Waals surface area contributed by atoms with Crippen LogP contribution in [0, 0.1) is 5.92 Å². The van der Waals surface area contributed by atoms with E-state index in [1.54, 1.807) is 44.9 Å². The normalized spacial score (nSPS) is 19.3. The third-order valence-electron chi connectivity index (χ3n) is 4.71. The lowest BCUT2D eigenvalue weighted by atomic mass is 9.93. The number of hydrogen-bond acceptors (Lipinski definition) is 5. The van der Waals surface area contributed by atoms with Crippen LogP contribution in [0.25, 0.3) is 0 Å². The molecule has 1 aliphatic rings. The van der Waals surface area contributed by atoms with E-state index < -0.39 is 18.8 Å². The van der Waals surface area contributed by atoms with E-state index in [0.717, 1.165) is 0 Å². The molecule has 1 N–H and O–H groups in total. The summed E-state index contributed by atoms with van der Waals surface area (Å²) in [6, 6.07) is -0.927. The molecule has 0 aromatic carbocycles. The van der Waals surface area contributed by atoms with Crippen molar-refractivity contribution in [1.29, 1.82) is 0 Å². The zero-order chi connectivity index (χ0) is 22.1. The summed E-state index contributed by atoms with van der Waals surface area (Å²) in [5.74, 6) is -0.679. The first-order valence-corrected chi connectivity index (χ1v) is 9.57. The first-order valence-electron chi connectivity index (χ1n) is 9.57. The highest BCUT2D eigenvalue weighted by atomic mass is 19.1. The van der Waals surface area contributed by atoms with E-state index >= 15 is 0 Å². The molecule has 6 nitrogen and oxygen atoms in total. The smallest absolute Gasteiger partial charge is 0.255 e. The summed E-state index contributed by atoms with van der Waals surface area (Å²) in [5, 5.41) is 2.84. The van der Waals surface area contributed by atoms with E-state index in [0.29, 0.717) is 28.6 Å². The van der Waals surface area contributed by atoms with Gasteiger partial charge in [-0.05, 0) is 50.8 Å². The van der Waals surface area contributed by atoms with Crippen molar-refractivity contribution in [2.45, 2.75) is 46.7 Å². The second-order valence-electron chi connectivity index (χ2n) is 7.20. The lowest BCUT2D eigenvalue weighted by Gasteiger charge is -2.31. The molecule has 1 rings (SSSR count). The summed E-state index contributed by atoms with van der Waals surface area (Å²) in [6.45, 7) is 11.8. The first kappa shape index (κ1) is 24.2. The van der Waals surface area contributed by atoms with Crippen molar-refractivity contribution in [2.24, 2.45) is 10.9 Å². The molecule has 0 aromatic heterocycles. The van der Waals surface area contributed by atoms with E-state index in [4.69, 9.17) is 0 Å². The number of rotatable bonds is 11. The number of Topliss-reactive ketones (excluding diaryl/α,β-unsaturated/α-hetero) is 1. The quantitative estimate of drug-likeness (QED) is 0.189. The summed E-state index contributed by atoms with van der Waals surface area (Å²) in [7, 11) is 0. The third-order valence-corrected chi connectivity index (χ3v) is 4.71. The van der Waals surface area contributed by atoms with Crippen LogP contribution in [0.5, 0.6) is 0 Å². The number of allylic oxidation sites excluding steroid dienone is 1. The van der Waals surface area contributed by atoms with Gasteiger partial charge in [0.05, 0.1) is 12.1 Å². The number of amides is 1. The minimum atomic E-state index is -0.550. The minimum Gasteiger partial charge on any atom is -0.388 e. The van der Waals surface area contributed by atoms with Crippen LogP contribution in [-0.2, 0) is 14.4 Å². The molecule has 1 heterocycles. The van der Waals surface area contributed by atoms with Gasteiger partial charge in [-0.25, -0.2) is 4.39 Å². The number of hydrogen-bond donors (Lipinski definition) is 1. The number of halogens is 1. The molecule has 0 bridgehead atoms. The van der Waals surface area contributed by atoms with Gasteiger partial charge in [-0.3, -0.25) is 19.4 Å². The van der Waals surface area contributed by atoms with Crippen LogP contribution in [0.3, 0.4) is 0 Å². The predicted octanol–water partition coefficient (Wildman–Crippen LogP) is 2.93. The lowest BCUT2D eigenvalue weighted by Crippen LogP contribution is -2.43. The van der Waals surface area contributed by atoms with Crippen LogP contribution in [0.15, 0.2) is 51.8 Å². The van der Waals surface area contributed by atoms with Crippen molar-refractivity contribution in [2.75, 3.05) is 13.2 Å². The Morgan fingerprint density at radius 1 is 1.38 bits per heavy atom. The maximum atomic E-state index is 13.2. The van der Waals surface area contributed by atoms with Gasteiger partial charge in [-0.15, -0.1) is 0 Å². The fraction of sp³-hybridized carbons (Fsp3) is 0.455. The Bertz CT molecular complexity index is 778. The van der Waals surface area contributed by atoms with Crippen LogP contribution >= 0.6 is 0 Å². The second kappa shape index (κ2) is 11.2. The van der Waals surface area contributed by atoms with Gasteiger partial charge in [0.1, 0.15) is 13.0 Å². The van der Waals surface area contributed by atoms with Gasteiger partial charge in [0.2, 0.25) is 0 Å². The Morgan fingerprint density at radius 2 is 2.03 bits per heavy atom. The topological polar surface area (TPSA) is 78.8 Å². The molecule has 29 heavy (non-hydrogen) atoms. The summed E-state index contributed by atoms with van der Waals surface area (Å²) < 4.78 is 12.5. The highest BCUT2D eigenvalue weighted by Gasteiger charge is 2.41. The number of ketones is 1. The van der Waals surface area contributed by atoms with E-state index in [2.05, 4.69) is 17.0 Å². The molecule has 2 unspecified atom stereocenters. The third kappa shape index (κ3) is 5.82. The van der Waals surface area contributed by atoms with Crippen molar-refractivity contribution in [3.05, 3.63) is 46.8 Å². The van der Waals surface area contributed by atoms with Gasteiger partial charge in [-0.2, -0.15) is 0 Å². The van der Waals surface area contributed by atoms with Crippen LogP contribution in [-0.4, -0.2) is 54.9 Å². The number of nitrogens with one attached hydrogen (secondary N) is 1. The SMILES string of the molecule is C=N/C=C\C1=C(C(=O)C(C)C)C(C)N(C(C)C(C=C(C)C=O)=CNCCF)C1=O. The lowest BCUT2D eigenvalue weighted by molar-refractivity contribution is -0.127. The van der Waals surface area contributed by atoms with Crippen molar-refractivity contribution in [3.8, 4) is 0 Å². The Hall–Kier alpha value is -2.83. The number of carbonyl (C=O) groups is 3. The number of alkyl halides is 1. The largest absolute Gasteiger partial charge is 0.388 e. The first-order chi connectivity index (χ1) is 13.7.